The van der Waals surface area contributed by atoms with Crippen LogP contribution in [0.15, 0.2) is 24.3 Å². The average Bonchev–Trinajstić information content (AvgIpc) is 3.55. The molecule has 3 aliphatic rings. The van der Waals surface area contributed by atoms with Gasteiger partial charge in [-0.25, -0.2) is 23.7 Å². The van der Waals surface area contributed by atoms with Gasteiger partial charge in [0.15, 0.2) is 5.65 Å². The lowest BCUT2D eigenvalue weighted by Crippen LogP contribution is -2.54. The van der Waals surface area contributed by atoms with Crippen LogP contribution in [0.4, 0.5) is 8.78 Å². The van der Waals surface area contributed by atoms with Crippen molar-refractivity contribution >= 4 is 28.1 Å². The van der Waals surface area contributed by atoms with Gasteiger partial charge in [-0.3, -0.25) is 14.3 Å². The zero-order chi connectivity index (χ0) is 29.7. The molecule has 1 aromatic carbocycles. The standard InChI is InChI=1S/C30H37F2N9O2/c1-3-23-34-20-6-4-5-7-21(20)41(23)29-36-26(22-16-33-12-15-43-22)27-28(37-29)38(2)24(35-27)17-40-14-13-39(18-25(40)42)19-8-10-30(31,32)11-9-19/h4-7,19,22,33H,3,8-18H2,1-2H3. The number of alkyl halides is 2. The van der Waals surface area contributed by atoms with E-state index >= 15 is 0 Å². The lowest BCUT2D eigenvalue weighted by atomic mass is 9.91. The Bertz CT molecular complexity index is 1650. The van der Waals surface area contributed by atoms with Crippen LogP contribution in [0.3, 0.4) is 0 Å². The summed E-state index contributed by atoms with van der Waals surface area (Å²) in [5, 5.41) is 3.39. The fraction of sp³-hybridized carbons (Fsp3) is 0.567. The molecule has 0 spiro atoms. The molecule has 3 fully saturated rings. The second kappa shape index (κ2) is 11.2. The number of hydrogen-bond acceptors (Lipinski definition) is 8. The molecule has 7 rings (SSSR count). The molecule has 11 nitrogen and oxygen atoms in total. The molecular formula is C30H37F2N9O2. The Morgan fingerprint density at radius 1 is 1.07 bits per heavy atom. The Hall–Kier alpha value is -3.55. The summed E-state index contributed by atoms with van der Waals surface area (Å²) in [5.41, 5.74) is 3.84. The number of ether oxygens (including phenoxy) is 1. The SMILES string of the molecule is CCc1nc2ccccc2n1-c1nc(C2CNCCO2)c2nc(CN3CCN(C4CCC(F)(F)CC4)CC3=O)n(C)c2n1. The smallest absolute Gasteiger partial charge is 0.248 e. The van der Waals surface area contributed by atoms with Gasteiger partial charge in [-0.15, -0.1) is 0 Å². The largest absolute Gasteiger partial charge is 0.369 e. The van der Waals surface area contributed by atoms with Crippen LogP contribution in [0, 0.1) is 0 Å². The third-order valence-electron chi connectivity index (χ3n) is 9.09. The van der Waals surface area contributed by atoms with Crippen LogP contribution in [-0.4, -0.2) is 96.1 Å². The summed E-state index contributed by atoms with van der Waals surface area (Å²) in [6, 6.07) is 8.00. The average molecular weight is 594 g/mol. The van der Waals surface area contributed by atoms with Gasteiger partial charge in [-0.05, 0) is 25.0 Å². The first kappa shape index (κ1) is 28.2. The van der Waals surface area contributed by atoms with Crippen molar-refractivity contribution in [2.45, 2.75) is 63.6 Å². The minimum Gasteiger partial charge on any atom is -0.369 e. The highest BCUT2D eigenvalue weighted by molar-refractivity contribution is 5.81. The number of morpholine rings is 1. The number of imidazole rings is 2. The van der Waals surface area contributed by atoms with Gasteiger partial charge in [0, 0.05) is 58.5 Å². The van der Waals surface area contributed by atoms with Crippen molar-refractivity contribution in [2.24, 2.45) is 7.05 Å². The molecule has 2 saturated heterocycles. The summed E-state index contributed by atoms with van der Waals surface area (Å²) in [6.45, 7) is 5.76. The number of nitrogens with one attached hydrogen (secondary N) is 1. The van der Waals surface area contributed by atoms with Gasteiger partial charge in [-0.2, -0.15) is 4.98 Å². The normalized spacial score (nSPS) is 22.2. The molecule has 1 saturated carbocycles. The molecule has 1 aliphatic carbocycles. The van der Waals surface area contributed by atoms with Gasteiger partial charge < -0.3 is 19.5 Å². The number of nitrogens with zero attached hydrogens (tertiary/aromatic N) is 8. The Labute approximate surface area is 248 Å². The Morgan fingerprint density at radius 3 is 2.63 bits per heavy atom. The van der Waals surface area contributed by atoms with Crippen molar-refractivity contribution in [3.63, 3.8) is 0 Å². The van der Waals surface area contributed by atoms with Gasteiger partial charge in [0.2, 0.25) is 17.8 Å². The molecule has 1 unspecified atom stereocenters. The fourth-order valence-corrected chi connectivity index (χ4v) is 6.62. The van der Waals surface area contributed by atoms with E-state index in [-0.39, 0.29) is 37.4 Å². The summed E-state index contributed by atoms with van der Waals surface area (Å²) < 4.78 is 37.5. The van der Waals surface area contributed by atoms with Gasteiger partial charge in [0.05, 0.1) is 30.7 Å². The van der Waals surface area contributed by atoms with E-state index in [4.69, 9.17) is 24.7 Å². The van der Waals surface area contributed by atoms with E-state index < -0.39 is 5.92 Å². The first-order valence-electron chi connectivity index (χ1n) is 15.2. The zero-order valence-corrected chi connectivity index (χ0v) is 24.6. The van der Waals surface area contributed by atoms with Crippen molar-refractivity contribution in [2.75, 3.05) is 39.3 Å². The van der Waals surface area contributed by atoms with E-state index in [1.165, 1.54) is 0 Å². The Kier molecular flexibility index (Phi) is 7.34. The van der Waals surface area contributed by atoms with Crippen molar-refractivity contribution in [1.82, 2.24) is 44.2 Å². The Morgan fingerprint density at radius 2 is 1.88 bits per heavy atom. The Balaban J connectivity index is 1.21. The minimum atomic E-state index is -2.58. The zero-order valence-electron chi connectivity index (χ0n) is 24.6. The molecule has 3 aromatic heterocycles. The number of hydrogen-bond donors (Lipinski definition) is 1. The molecule has 5 heterocycles. The third-order valence-corrected chi connectivity index (χ3v) is 9.09. The molecular weight excluding hydrogens is 556 g/mol. The lowest BCUT2D eigenvalue weighted by molar-refractivity contribution is -0.139. The molecule has 0 bridgehead atoms. The van der Waals surface area contributed by atoms with Crippen LogP contribution in [0.1, 0.15) is 56.1 Å². The second-order valence-corrected chi connectivity index (χ2v) is 11.8. The van der Waals surface area contributed by atoms with Crippen LogP contribution in [-0.2, 0) is 29.5 Å². The lowest BCUT2D eigenvalue weighted by Gasteiger charge is -2.41. The third kappa shape index (κ3) is 5.27. The van der Waals surface area contributed by atoms with E-state index in [0.29, 0.717) is 80.7 Å². The number of benzene rings is 1. The van der Waals surface area contributed by atoms with E-state index in [1.807, 2.05) is 40.4 Å². The molecule has 13 heteroatoms. The van der Waals surface area contributed by atoms with E-state index in [2.05, 4.69) is 17.1 Å². The molecule has 0 radical (unpaired) electrons. The van der Waals surface area contributed by atoms with E-state index in [9.17, 15) is 13.6 Å². The van der Waals surface area contributed by atoms with Gasteiger partial charge in [0.1, 0.15) is 29.0 Å². The number of aryl methyl sites for hydroxylation is 2. The van der Waals surface area contributed by atoms with E-state index in [1.54, 1.807) is 4.90 Å². The topological polar surface area (TPSA) is 106 Å². The van der Waals surface area contributed by atoms with Gasteiger partial charge in [0.25, 0.3) is 0 Å². The molecule has 228 valence electrons. The van der Waals surface area contributed by atoms with Gasteiger partial charge >= 0.3 is 0 Å². The first-order valence-corrected chi connectivity index (χ1v) is 15.2. The highest BCUT2D eigenvalue weighted by Gasteiger charge is 2.39. The number of carbonyl (C=O) groups excluding carboxylic acids is 1. The number of para-hydroxylation sites is 2. The number of aromatic nitrogens is 6. The first-order chi connectivity index (χ1) is 20.8. The number of rotatable bonds is 6. The minimum absolute atomic E-state index is 0.0140. The maximum absolute atomic E-state index is 13.7. The molecule has 43 heavy (non-hydrogen) atoms. The predicted molar refractivity (Wildman–Crippen MR) is 156 cm³/mol. The van der Waals surface area contributed by atoms with Crippen LogP contribution in [0.25, 0.3) is 28.1 Å². The molecule has 4 aromatic rings. The summed E-state index contributed by atoms with van der Waals surface area (Å²) in [4.78, 5) is 37.0. The molecule has 1 N–H and O–H groups in total. The summed E-state index contributed by atoms with van der Waals surface area (Å²) >= 11 is 0. The summed E-state index contributed by atoms with van der Waals surface area (Å²) in [5.74, 6) is -0.510. The maximum atomic E-state index is 13.7. The monoisotopic (exact) mass is 593 g/mol. The molecule has 2 aliphatic heterocycles. The van der Waals surface area contributed by atoms with Crippen LogP contribution >= 0.6 is 0 Å². The summed E-state index contributed by atoms with van der Waals surface area (Å²) in [6.07, 6.45) is 1.06. The quantitative estimate of drug-likeness (QED) is 0.364. The fourth-order valence-electron chi connectivity index (χ4n) is 6.62. The number of halogens is 2. The maximum Gasteiger partial charge on any atom is 0.248 e. The van der Waals surface area contributed by atoms with E-state index in [0.717, 1.165) is 23.4 Å². The van der Waals surface area contributed by atoms with Crippen molar-refractivity contribution in [1.29, 1.82) is 0 Å². The highest BCUT2D eigenvalue weighted by Crippen LogP contribution is 2.35. The number of carbonyl (C=O) groups is 1. The number of piperazine rings is 1. The van der Waals surface area contributed by atoms with Crippen LogP contribution < -0.4 is 5.32 Å². The predicted octanol–water partition coefficient (Wildman–Crippen LogP) is 3.15. The molecule has 1 amide bonds. The number of amides is 1. The number of fused-ring (bicyclic) bond motifs is 2. The van der Waals surface area contributed by atoms with Crippen LogP contribution in [0.5, 0.6) is 0 Å². The summed E-state index contributed by atoms with van der Waals surface area (Å²) in [7, 11) is 1.92. The highest BCUT2D eigenvalue weighted by atomic mass is 19.3. The van der Waals surface area contributed by atoms with Crippen molar-refractivity contribution in [3.8, 4) is 5.95 Å². The van der Waals surface area contributed by atoms with Crippen molar-refractivity contribution in [3.05, 3.63) is 41.6 Å². The molecule has 1 atom stereocenters. The van der Waals surface area contributed by atoms with Crippen LogP contribution in [0.2, 0.25) is 0 Å². The van der Waals surface area contributed by atoms with Gasteiger partial charge in [-0.1, -0.05) is 19.1 Å². The van der Waals surface area contributed by atoms with Crippen molar-refractivity contribution < 1.29 is 18.3 Å². The second-order valence-electron chi connectivity index (χ2n) is 11.8.